The van der Waals surface area contributed by atoms with E-state index in [0.717, 1.165) is 25.7 Å². The Labute approximate surface area is 189 Å². The maximum absolute atomic E-state index is 12.3. The van der Waals surface area contributed by atoms with E-state index < -0.39 is 5.60 Å². The summed E-state index contributed by atoms with van der Waals surface area (Å²) in [5.41, 5.74) is 1.92. The van der Waals surface area contributed by atoms with Crippen LogP contribution in [0.3, 0.4) is 0 Å². The predicted octanol–water partition coefficient (Wildman–Crippen LogP) is 7.25. The van der Waals surface area contributed by atoms with E-state index >= 15 is 0 Å². The number of benzene rings is 2. The van der Waals surface area contributed by atoms with Crippen LogP contribution in [0.2, 0.25) is 0 Å². The van der Waals surface area contributed by atoms with E-state index in [-0.39, 0.29) is 36.3 Å². The third kappa shape index (κ3) is 5.46. The molecule has 1 aliphatic rings. The molecular weight excluding hydrogens is 390 g/mol. The van der Waals surface area contributed by atoms with Crippen LogP contribution in [0.1, 0.15) is 88.9 Å². The molecule has 1 aliphatic heterocycles. The zero-order chi connectivity index (χ0) is 20.7. The zero-order valence-corrected chi connectivity index (χ0v) is 19.7. The van der Waals surface area contributed by atoms with E-state index in [0.29, 0.717) is 0 Å². The van der Waals surface area contributed by atoms with Crippen molar-refractivity contribution in [3.8, 4) is 0 Å². The minimum absolute atomic E-state index is 0. The molecule has 1 heterocycles. The van der Waals surface area contributed by atoms with Crippen LogP contribution < -0.4 is 5.32 Å². The summed E-state index contributed by atoms with van der Waals surface area (Å²) in [6.45, 7) is 6.75. The third-order valence-corrected chi connectivity index (χ3v) is 7.04. The molecule has 0 spiro atoms. The van der Waals surface area contributed by atoms with Crippen LogP contribution >= 0.6 is 12.4 Å². The molecule has 0 amide bonds. The fourth-order valence-corrected chi connectivity index (χ4v) is 5.38. The minimum Gasteiger partial charge on any atom is -0.389 e. The molecular formula is C27H40ClNO. The summed E-state index contributed by atoms with van der Waals surface area (Å²) in [4.78, 5) is 0. The molecule has 1 fully saturated rings. The van der Waals surface area contributed by atoms with E-state index in [1.165, 1.54) is 30.4 Å². The second kappa shape index (κ2) is 11.9. The van der Waals surface area contributed by atoms with Gasteiger partial charge in [-0.3, -0.25) is 0 Å². The van der Waals surface area contributed by atoms with Crippen molar-refractivity contribution in [1.82, 2.24) is 5.32 Å². The van der Waals surface area contributed by atoms with Crippen molar-refractivity contribution in [1.29, 1.82) is 0 Å². The summed E-state index contributed by atoms with van der Waals surface area (Å²) in [6, 6.07) is 21.8. The molecule has 0 saturated carbocycles. The Balaban J connectivity index is 0.00000320. The number of halogens is 1. The first-order chi connectivity index (χ1) is 14.1. The van der Waals surface area contributed by atoms with Gasteiger partial charge in [-0.2, -0.15) is 0 Å². The minimum atomic E-state index is -0.657. The van der Waals surface area contributed by atoms with Crippen molar-refractivity contribution >= 4 is 12.4 Å². The van der Waals surface area contributed by atoms with Gasteiger partial charge in [-0.25, -0.2) is 0 Å². The van der Waals surface area contributed by atoms with Gasteiger partial charge in [0.15, 0.2) is 0 Å². The second-order valence-electron chi connectivity index (χ2n) is 8.93. The Kier molecular flexibility index (Phi) is 9.87. The summed E-state index contributed by atoms with van der Waals surface area (Å²) in [5.74, 6) is 0.398. The molecule has 2 aromatic rings. The lowest BCUT2D eigenvalue weighted by Gasteiger charge is -2.53. The first-order valence-corrected chi connectivity index (χ1v) is 11.7. The number of unbranched alkanes of at least 4 members (excludes halogenated alkanes) is 3. The highest BCUT2D eigenvalue weighted by Crippen LogP contribution is 2.50. The normalized spacial score (nSPS) is 28.7. The van der Waals surface area contributed by atoms with Crippen LogP contribution in [0.5, 0.6) is 0 Å². The van der Waals surface area contributed by atoms with Gasteiger partial charge in [0.2, 0.25) is 0 Å². The summed E-state index contributed by atoms with van der Waals surface area (Å²) < 4.78 is 0. The topological polar surface area (TPSA) is 32.3 Å². The van der Waals surface area contributed by atoms with Gasteiger partial charge in [0, 0.05) is 23.9 Å². The molecule has 0 bridgehead atoms. The molecule has 2 nitrogen and oxygen atoms in total. The number of rotatable bonds is 9. The average molecular weight is 430 g/mol. The first kappa shape index (κ1) is 24.9. The fraction of sp³-hybridized carbons (Fsp3) is 0.556. The van der Waals surface area contributed by atoms with Crippen LogP contribution in [0.25, 0.3) is 0 Å². The summed E-state index contributed by atoms with van der Waals surface area (Å²) in [6.07, 6.45) is 7.84. The SMILES string of the molecule is CCCCCCC1(O)C(C)C(c2ccccc2)NC(c2ccccc2)C1CCC.Cl. The lowest BCUT2D eigenvalue weighted by molar-refractivity contribution is -0.126. The Morgan fingerprint density at radius 3 is 1.90 bits per heavy atom. The highest BCUT2D eigenvalue weighted by atomic mass is 35.5. The maximum Gasteiger partial charge on any atom is 0.0737 e. The Hall–Kier alpha value is -1.35. The molecule has 0 radical (unpaired) electrons. The molecule has 2 N–H and O–H groups in total. The van der Waals surface area contributed by atoms with Crippen molar-refractivity contribution in [2.24, 2.45) is 11.8 Å². The van der Waals surface area contributed by atoms with Crippen LogP contribution in [0.15, 0.2) is 60.7 Å². The molecule has 30 heavy (non-hydrogen) atoms. The van der Waals surface area contributed by atoms with Gasteiger partial charge in [-0.05, 0) is 24.0 Å². The van der Waals surface area contributed by atoms with Crippen molar-refractivity contribution in [3.05, 3.63) is 71.8 Å². The van der Waals surface area contributed by atoms with Crippen LogP contribution in [-0.2, 0) is 0 Å². The van der Waals surface area contributed by atoms with Gasteiger partial charge in [-0.1, -0.05) is 114 Å². The standard InChI is InChI=1S/C27H39NO.ClH/c1-4-6-7-14-20-27(29)21(3)25(22-16-10-8-11-17-22)28-26(24(27)15-5-2)23-18-12-9-13-19-23;/h8-13,16-19,21,24-26,28-29H,4-7,14-15,20H2,1-3H3;1H. The molecule has 0 aromatic heterocycles. The number of nitrogens with one attached hydrogen (secondary N) is 1. The van der Waals surface area contributed by atoms with Gasteiger partial charge in [0.1, 0.15) is 0 Å². The lowest BCUT2D eigenvalue weighted by Crippen LogP contribution is -2.58. The maximum atomic E-state index is 12.3. The van der Waals surface area contributed by atoms with Crippen molar-refractivity contribution in [2.45, 2.75) is 83.4 Å². The van der Waals surface area contributed by atoms with Crippen LogP contribution in [-0.4, -0.2) is 10.7 Å². The zero-order valence-electron chi connectivity index (χ0n) is 18.9. The molecule has 5 unspecified atom stereocenters. The van der Waals surface area contributed by atoms with E-state index in [1.54, 1.807) is 0 Å². The highest BCUT2D eigenvalue weighted by Gasteiger charge is 2.52. The van der Waals surface area contributed by atoms with Crippen LogP contribution in [0.4, 0.5) is 0 Å². The van der Waals surface area contributed by atoms with Crippen molar-refractivity contribution in [3.63, 3.8) is 0 Å². The molecule has 3 rings (SSSR count). The van der Waals surface area contributed by atoms with Gasteiger partial charge < -0.3 is 10.4 Å². The first-order valence-electron chi connectivity index (χ1n) is 11.7. The quantitative estimate of drug-likeness (QED) is 0.411. The fourth-order valence-electron chi connectivity index (χ4n) is 5.38. The third-order valence-electron chi connectivity index (χ3n) is 7.04. The van der Waals surface area contributed by atoms with E-state index in [1.807, 2.05) is 0 Å². The Morgan fingerprint density at radius 1 is 0.800 bits per heavy atom. The van der Waals surface area contributed by atoms with Crippen molar-refractivity contribution in [2.75, 3.05) is 0 Å². The predicted molar refractivity (Wildman–Crippen MR) is 130 cm³/mol. The summed E-state index contributed by atoms with van der Waals surface area (Å²) in [5, 5.41) is 16.2. The van der Waals surface area contributed by atoms with Crippen molar-refractivity contribution < 1.29 is 5.11 Å². The Morgan fingerprint density at radius 2 is 1.37 bits per heavy atom. The summed E-state index contributed by atoms with van der Waals surface area (Å²) in [7, 11) is 0. The smallest absolute Gasteiger partial charge is 0.0737 e. The monoisotopic (exact) mass is 429 g/mol. The van der Waals surface area contributed by atoms with Gasteiger partial charge in [-0.15, -0.1) is 12.4 Å². The second-order valence-corrected chi connectivity index (χ2v) is 8.93. The van der Waals surface area contributed by atoms with Crippen LogP contribution in [0, 0.1) is 11.8 Å². The molecule has 2 aromatic carbocycles. The highest BCUT2D eigenvalue weighted by molar-refractivity contribution is 5.85. The van der Waals surface area contributed by atoms with E-state index in [9.17, 15) is 5.11 Å². The van der Waals surface area contributed by atoms with Gasteiger partial charge >= 0.3 is 0 Å². The molecule has 3 heteroatoms. The number of piperidine rings is 1. The Bertz CT molecular complexity index is 722. The number of aliphatic hydroxyl groups is 1. The molecule has 166 valence electrons. The molecule has 1 saturated heterocycles. The van der Waals surface area contributed by atoms with E-state index in [4.69, 9.17) is 0 Å². The average Bonchev–Trinajstić information content (AvgIpc) is 2.76. The van der Waals surface area contributed by atoms with Gasteiger partial charge in [0.25, 0.3) is 0 Å². The largest absolute Gasteiger partial charge is 0.389 e. The molecule has 0 aliphatic carbocycles. The van der Waals surface area contributed by atoms with Gasteiger partial charge in [0.05, 0.1) is 5.60 Å². The lowest BCUT2D eigenvalue weighted by atomic mass is 9.62. The van der Waals surface area contributed by atoms with E-state index in [2.05, 4.69) is 86.8 Å². The number of hydrogen-bond acceptors (Lipinski definition) is 2. The molecule has 5 atom stereocenters. The summed E-state index contributed by atoms with van der Waals surface area (Å²) >= 11 is 0. The number of hydrogen-bond donors (Lipinski definition) is 2.